The SMILES string of the molecule is CCOc1cccc(C2CC(=O)OC2=O)c1. The number of rotatable bonds is 3. The average molecular weight is 220 g/mol. The van der Waals surface area contributed by atoms with E-state index in [4.69, 9.17) is 4.74 Å². The summed E-state index contributed by atoms with van der Waals surface area (Å²) < 4.78 is 9.84. The van der Waals surface area contributed by atoms with Crippen LogP contribution in [-0.4, -0.2) is 18.5 Å². The van der Waals surface area contributed by atoms with Crippen LogP contribution in [-0.2, 0) is 14.3 Å². The molecule has 0 aliphatic carbocycles. The highest BCUT2D eigenvalue weighted by Crippen LogP contribution is 2.29. The maximum atomic E-state index is 11.4. The molecule has 0 aromatic heterocycles. The van der Waals surface area contributed by atoms with Crippen molar-refractivity contribution in [2.45, 2.75) is 19.3 Å². The normalized spacial score (nSPS) is 19.7. The van der Waals surface area contributed by atoms with E-state index in [1.165, 1.54) is 0 Å². The van der Waals surface area contributed by atoms with Gasteiger partial charge in [0.1, 0.15) is 5.75 Å². The Morgan fingerprint density at radius 3 is 2.88 bits per heavy atom. The monoisotopic (exact) mass is 220 g/mol. The molecule has 0 spiro atoms. The molecule has 1 fully saturated rings. The fourth-order valence-electron chi connectivity index (χ4n) is 1.72. The van der Waals surface area contributed by atoms with Gasteiger partial charge in [-0.05, 0) is 24.6 Å². The molecule has 0 radical (unpaired) electrons. The van der Waals surface area contributed by atoms with Crippen LogP contribution in [0, 0.1) is 0 Å². The van der Waals surface area contributed by atoms with Gasteiger partial charge in [-0.1, -0.05) is 12.1 Å². The van der Waals surface area contributed by atoms with Gasteiger partial charge in [0.2, 0.25) is 0 Å². The van der Waals surface area contributed by atoms with Gasteiger partial charge in [0, 0.05) is 0 Å². The van der Waals surface area contributed by atoms with Crippen molar-refractivity contribution in [2.75, 3.05) is 6.61 Å². The van der Waals surface area contributed by atoms with Crippen LogP contribution in [0.1, 0.15) is 24.8 Å². The van der Waals surface area contributed by atoms with Crippen molar-refractivity contribution in [3.05, 3.63) is 29.8 Å². The Labute approximate surface area is 93.2 Å². The van der Waals surface area contributed by atoms with Crippen LogP contribution >= 0.6 is 0 Å². The number of carbonyl (C=O) groups is 2. The summed E-state index contributed by atoms with van der Waals surface area (Å²) >= 11 is 0. The maximum absolute atomic E-state index is 11.4. The van der Waals surface area contributed by atoms with Gasteiger partial charge < -0.3 is 9.47 Å². The van der Waals surface area contributed by atoms with Crippen LogP contribution in [0.3, 0.4) is 0 Å². The highest BCUT2D eigenvalue weighted by molar-refractivity contribution is 5.97. The summed E-state index contributed by atoms with van der Waals surface area (Å²) in [7, 11) is 0. The molecule has 1 aromatic carbocycles. The van der Waals surface area contributed by atoms with E-state index in [-0.39, 0.29) is 6.42 Å². The summed E-state index contributed by atoms with van der Waals surface area (Å²) in [5, 5.41) is 0. The van der Waals surface area contributed by atoms with E-state index in [1.807, 2.05) is 13.0 Å². The van der Waals surface area contributed by atoms with E-state index in [2.05, 4.69) is 4.74 Å². The van der Waals surface area contributed by atoms with E-state index in [0.29, 0.717) is 12.4 Å². The number of esters is 2. The summed E-state index contributed by atoms with van der Waals surface area (Å²) in [6.45, 7) is 2.46. The van der Waals surface area contributed by atoms with Crippen molar-refractivity contribution >= 4 is 11.9 Å². The number of cyclic esters (lactones) is 2. The zero-order valence-corrected chi connectivity index (χ0v) is 8.93. The minimum Gasteiger partial charge on any atom is -0.494 e. The first-order valence-corrected chi connectivity index (χ1v) is 5.18. The third kappa shape index (κ3) is 2.05. The molecule has 4 heteroatoms. The minimum absolute atomic E-state index is 0.119. The smallest absolute Gasteiger partial charge is 0.321 e. The Balaban J connectivity index is 2.23. The van der Waals surface area contributed by atoms with Gasteiger partial charge in [-0.15, -0.1) is 0 Å². The van der Waals surface area contributed by atoms with Gasteiger partial charge in [0.05, 0.1) is 18.9 Å². The van der Waals surface area contributed by atoms with E-state index in [1.54, 1.807) is 18.2 Å². The molecule has 0 bridgehead atoms. The first-order valence-electron chi connectivity index (χ1n) is 5.18. The van der Waals surface area contributed by atoms with Crippen molar-refractivity contribution in [1.29, 1.82) is 0 Å². The standard InChI is InChI=1S/C12H12O4/c1-2-15-9-5-3-4-8(6-9)10-7-11(13)16-12(10)14/h3-6,10H,2,7H2,1H3. The molecule has 1 aromatic rings. The van der Waals surface area contributed by atoms with Crippen LogP contribution in [0.2, 0.25) is 0 Å². The Kier molecular flexibility index (Phi) is 2.90. The van der Waals surface area contributed by atoms with Crippen LogP contribution in [0.15, 0.2) is 24.3 Å². The zero-order valence-electron chi connectivity index (χ0n) is 8.93. The second-order valence-corrected chi connectivity index (χ2v) is 3.56. The lowest BCUT2D eigenvalue weighted by Crippen LogP contribution is -2.05. The average Bonchev–Trinajstić information content (AvgIpc) is 2.59. The van der Waals surface area contributed by atoms with Gasteiger partial charge in [-0.3, -0.25) is 9.59 Å². The van der Waals surface area contributed by atoms with Crippen LogP contribution in [0.25, 0.3) is 0 Å². The van der Waals surface area contributed by atoms with Gasteiger partial charge >= 0.3 is 11.9 Å². The van der Waals surface area contributed by atoms with Crippen LogP contribution in [0.4, 0.5) is 0 Å². The van der Waals surface area contributed by atoms with Gasteiger partial charge in [0.15, 0.2) is 0 Å². The van der Waals surface area contributed by atoms with E-state index in [0.717, 1.165) is 5.56 Å². The van der Waals surface area contributed by atoms with E-state index >= 15 is 0 Å². The molecular weight excluding hydrogens is 208 g/mol. The minimum atomic E-state index is -0.479. The van der Waals surface area contributed by atoms with Crippen LogP contribution in [0.5, 0.6) is 5.75 Å². The molecule has 0 amide bonds. The van der Waals surface area contributed by atoms with Crippen molar-refractivity contribution in [1.82, 2.24) is 0 Å². The van der Waals surface area contributed by atoms with Crippen molar-refractivity contribution in [3.8, 4) is 5.75 Å². The summed E-state index contributed by atoms with van der Waals surface area (Å²) in [5.41, 5.74) is 0.766. The predicted octanol–water partition coefficient (Wildman–Crippen LogP) is 1.64. The topological polar surface area (TPSA) is 52.6 Å². The maximum Gasteiger partial charge on any atom is 0.321 e. The molecule has 1 aliphatic rings. The van der Waals surface area contributed by atoms with Gasteiger partial charge in [-0.25, -0.2) is 0 Å². The van der Waals surface area contributed by atoms with E-state index < -0.39 is 17.9 Å². The molecule has 0 N–H and O–H groups in total. The molecule has 1 saturated heterocycles. The molecule has 0 saturated carbocycles. The first kappa shape index (κ1) is 10.7. The molecule has 84 valence electrons. The van der Waals surface area contributed by atoms with Crippen LogP contribution < -0.4 is 4.74 Å². The summed E-state index contributed by atoms with van der Waals surface area (Å²) in [4.78, 5) is 22.3. The fraction of sp³-hybridized carbons (Fsp3) is 0.333. The number of carbonyl (C=O) groups excluding carboxylic acids is 2. The molecule has 1 unspecified atom stereocenters. The van der Waals surface area contributed by atoms with E-state index in [9.17, 15) is 9.59 Å². The molecule has 2 rings (SSSR count). The second kappa shape index (κ2) is 4.35. The Hall–Kier alpha value is -1.84. The lowest BCUT2D eigenvalue weighted by atomic mass is 9.98. The summed E-state index contributed by atoms with van der Waals surface area (Å²) in [5.74, 6) is -0.712. The van der Waals surface area contributed by atoms with Gasteiger partial charge in [0.25, 0.3) is 0 Å². The highest BCUT2D eigenvalue weighted by Gasteiger charge is 2.34. The number of benzene rings is 1. The van der Waals surface area contributed by atoms with Crippen molar-refractivity contribution in [2.24, 2.45) is 0 Å². The number of hydrogen-bond acceptors (Lipinski definition) is 4. The third-order valence-corrected chi connectivity index (χ3v) is 2.44. The Morgan fingerprint density at radius 2 is 2.25 bits per heavy atom. The predicted molar refractivity (Wildman–Crippen MR) is 56.1 cm³/mol. The number of hydrogen-bond donors (Lipinski definition) is 0. The zero-order chi connectivity index (χ0) is 11.5. The first-order chi connectivity index (χ1) is 7.70. The summed E-state index contributed by atoms with van der Waals surface area (Å²) in [6, 6.07) is 7.19. The molecule has 1 heterocycles. The quantitative estimate of drug-likeness (QED) is 0.574. The van der Waals surface area contributed by atoms with Crippen molar-refractivity contribution < 1.29 is 19.1 Å². The Morgan fingerprint density at radius 1 is 1.44 bits per heavy atom. The third-order valence-electron chi connectivity index (χ3n) is 2.44. The molecule has 1 aliphatic heterocycles. The largest absolute Gasteiger partial charge is 0.494 e. The van der Waals surface area contributed by atoms with Crippen molar-refractivity contribution in [3.63, 3.8) is 0 Å². The molecular formula is C12H12O4. The van der Waals surface area contributed by atoms with Gasteiger partial charge in [-0.2, -0.15) is 0 Å². The molecule has 1 atom stereocenters. The highest BCUT2D eigenvalue weighted by atomic mass is 16.6. The number of ether oxygens (including phenoxy) is 2. The Bertz CT molecular complexity index is 425. The second-order valence-electron chi connectivity index (χ2n) is 3.56. The molecule has 16 heavy (non-hydrogen) atoms. The lowest BCUT2D eigenvalue weighted by molar-refractivity contribution is -0.152. The fourth-order valence-corrected chi connectivity index (χ4v) is 1.72. The lowest BCUT2D eigenvalue weighted by Gasteiger charge is -2.08. The molecule has 4 nitrogen and oxygen atoms in total. The summed E-state index contributed by atoms with van der Waals surface area (Å²) in [6.07, 6.45) is 0.119.